The third-order valence-corrected chi connectivity index (χ3v) is 18.2. The van der Waals surface area contributed by atoms with Gasteiger partial charge in [-0.2, -0.15) is 0 Å². The smallest absolute Gasteiger partial charge is 0.306 e. The maximum absolute atomic E-state index is 12.6. The van der Waals surface area contributed by atoms with Gasteiger partial charge in [0.2, 0.25) is 0 Å². The lowest BCUT2D eigenvalue weighted by molar-refractivity contribution is -0.870. The molecule has 0 N–H and O–H groups in total. The van der Waals surface area contributed by atoms with Crippen molar-refractivity contribution >= 4 is 39.5 Å². The van der Waals surface area contributed by atoms with E-state index in [1.54, 1.807) is 0 Å². The van der Waals surface area contributed by atoms with Gasteiger partial charge >= 0.3 is 23.9 Å². The van der Waals surface area contributed by atoms with Crippen LogP contribution in [0.1, 0.15) is 336 Å². The number of hydrogen-bond acceptors (Lipinski definition) is 16. The molecule has 0 aromatic carbocycles. The molecule has 4 atom stereocenters. The van der Waals surface area contributed by atoms with E-state index in [4.69, 9.17) is 37.0 Å². The van der Waals surface area contributed by atoms with E-state index in [1.165, 1.54) is 205 Å². The molecule has 0 spiro atoms. The molecule has 0 amide bonds. The van der Waals surface area contributed by atoms with Crippen molar-refractivity contribution in [2.45, 2.75) is 348 Å². The zero-order valence-electron chi connectivity index (χ0n) is 61.1. The predicted octanol–water partition coefficient (Wildman–Crippen LogP) is 18.1. The van der Waals surface area contributed by atoms with Crippen molar-refractivity contribution in [1.29, 1.82) is 0 Å². The Morgan fingerprint density at radius 2 is 0.489 bits per heavy atom. The van der Waals surface area contributed by atoms with Gasteiger partial charge in [-0.25, -0.2) is 0 Å². The van der Waals surface area contributed by atoms with Crippen LogP contribution < -0.4 is 9.79 Å². The molecule has 18 nitrogen and oxygen atoms in total. The minimum Gasteiger partial charge on any atom is -0.756 e. The molecule has 92 heavy (non-hydrogen) atoms. The Hall–Kier alpha value is -1.98. The third kappa shape index (κ3) is 72.3. The van der Waals surface area contributed by atoms with Crippen molar-refractivity contribution in [3.63, 3.8) is 0 Å². The molecule has 0 aliphatic carbocycles. The first-order valence-corrected chi connectivity index (χ1v) is 40.4. The molecular formula is C72H144N2O16P2. The van der Waals surface area contributed by atoms with Crippen molar-refractivity contribution < 1.29 is 84.1 Å². The molecule has 548 valence electrons. The van der Waals surface area contributed by atoms with Gasteiger partial charge in [0.1, 0.15) is 39.5 Å². The van der Waals surface area contributed by atoms with Gasteiger partial charge in [-0.3, -0.25) is 28.3 Å². The highest BCUT2D eigenvalue weighted by molar-refractivity contribution is 7.46. The molecule has 0 aromatic heterocycles. The maximum atomic E-state index is 12.6. The number of rotatable bonds is 68. The number of carbonyl (C=O) groups excluding carboxylic acids is 4. The summed E-state index contributed by atoms with van der Waals surface area (Å²) in [5, 5.41) is 0. The molecular weight excluding hydrogens is 1210 g/mol. The number of ether oxygens (including phenoxy) is 4. The number of phosphoric acid groups is 2. The topological polar surface area (TPSA) is 222 Å². The zero-order chi connectivity index (χ0) is 68.7. The van der Waals surface area contributed by atoms with Gasteiger partial charge in [-0.05, 0) is 25.7 Å². The molecule has 0 aliphatic heterocycles. The number of likely N-dealkylation sites (N-methyl/N-ethyl adjacent to an activating group) is 2. The normalized spacial score (nSPS) is 13.8. The fourth-order valence-electron chi connectivity index (χ4n) is 10.2. The molecule has 0 aromatic rings. The first kappa shape index (κ1) is 92.1. The first-order chi connectivity index (χ1) is 44.0. The van der Waals surface area contributed by atoms with Crippen molar-refractivity contribution in [3.8, 4) is 0 Å². The average molecular weight is 1360 g/mol. The van der Waals surface area contributed by atoms with Crippen LogP contribution in [0.25, 0.3) is 0 Å². The van der Waals surface area contributed by atoms with E-state index in [9.17, 15) is 38.1 Å². The Bertz CT molecular complexity index is 1800. The Morgan fingerprint density at radius 1 is 0.293 bits per heavy atom. The number of esters is 4. The Labute approximate surface area is 564 Å². The zero-order valence-corrected chi connectivity index (χ0v) is 62.9. The van der Waals surface area contributed by atoms with E-state index in [-0.39, 0.29) is 64.0 Å². The summed E-state index contributed by atoms with van der Waals surface area (Å²) in [5.41, 5.74) is 0. The lowest BCUT2D eigenvalue weighted by Gasteiger charge is -2.28. The van der Waals surface area contributed by atoms with E-state index < -0.39 is 53.0 Å². The number of hydrogen-bond donors (Lipinski definition) is 0. The van der Waals surface area contributed by atoms with Gasteiger partial charge < -0.3 is 55.8 Å². The minimum atomic E-state index is -4.60. The molecule has 20 heteroatoms. The quantitative estimate of drug-likeness (QED) is 0.0181. The molecule has 0 saturated carbocycles. The number of quaternary nitrogens is 2. The molecule has 0 fully saturated rings. The van der Waals surface area contributed by atoms with Crippen LogP contribution in [-0.4, -0.2) is 140 Å². The summed E-state index contributed by atoms with van der Waals surface area (Å²) < 4.78 is 67.3. The standard InChI is InChI=1S/2C36H72NO8P/c1-6-8-10-12-14-16-17-18-19-21-23-25-27-29-36(39)45-34(33-44-46(40,41)43-31-30-37(3,4)5)32-42-35(38)28-26-24-22-20-15-13-11-9-7-2;1-6-8-10-12-14-16-18-20-22-24-26-28-35(38)42-32-34(33-44-46(40,41)43-31-30-37(3,4)5)45-36(39)29-27-25-23-21-19-17-15-13-11-9-7-2/h2*34H,6-33H2,1-5H3. The lowest BCUT2D eigenvalue weighted by Crippen LogP contribution is -2.37. The van der Waals surface area contributed by atoms with Gasteiger partial charge in [0.25, 0.3) is 15.6 Å². The number of carbonyl (C=O) groups is 4. The SMILES string of the molecule is CCCCCCCCCCCCCC(=O)OCC(COP(=O)([O-])OCC[N+](C)(C)C)OC(=O)CCCCCCCCCCCCC.CCCCCCCCCCCCCCCC(=O)OC(COC(=O)CCCCCCCCCCC)COP(=O)([O-])OCC[N+](C)(C)C. The van der Waals surface area contributed by atoms with Gasteiger partial charge in [0.05, 0.1) is 55.5 Å². The van der Waals surface area contributed by atoms with Crippen LogP contribution in [0.2, 0.25) is 0 Å². The van der Waals surface area contributed by atoms with Crippen LogP contribution in [0.4, 0.5) is 0 Å². The van der Waals surface area contributed by atoms with Gasteiger partial charge in [0.15, 0.2) is 12.2 Å². The Morgan fingerprint density at radius 3 is 0.696 bits per heavy atom. The molecule has 0 heterocycles. The summed E-state index contributed by atoms with van der Waals surface area (Å²) in [6, 6.07) is 0. The maximum Gasteiger partial charge on any atom is 0.306 e. The summed E-state index contributed by atoms with van der Waals surface area (Å²) in [7, 11) is 2.35. The molecule has 4 unspecified atom stereocenters. The highest BCUT2D eigenvalue weighted by Crippen LogP contribution is 2.39. The highest BCUT2D eigenvalue weighted by atomic mass is 31.2. The summed E-state index contributed by atoms with van der Waals surface area (Å²) in [6.45, 7) is 8.41. The van der Waals surface area contributed by atoms with Crippen LogP contribution in [-0.2, 0) is 65.4 Å². The molecule has 0 radical (unpaired) electrons. The van der Waals surface area contributed by atoms with Crippen molar-refractivity contribution in [3.05, 3.63) is 0 Å². The van der Waals surface area contributed by atoms with E-state index in [0.29, 0.717) is 34.9 Å². The van der Waals surface area contributed by atoms with E-state index >= 15 is 0 Å². The predicted molar refractivity (Wildman–Crippen MR) is 371 cm³/mol. The van der Waals surface area contributed by atoms with Crippen molar-refractivity contribution in [2.75, 3.05) is 95.0 Å². The van der Waals surface area contributed by atoms with E-state index in [2.05, 4.69) is 27.7 Å². The largest absolute Gasteiger partial charge is 0.756 e. The monoisotopic (exact) mass is 1350 g/mol. The summed E-state index contributed by atoms with van der Waals surface area (Å²) >= 11 is 0. The third-order valence-electron chi connectivity index (χ3n) is 16.3. The van der Waals surface area contributed by atoms with Crippen LogP contribution in [0, 0.1) is 0 Å². The van der Waals surface area contributed by atoms with E-state index in [0.717, 1.165) is 64.2 Å². The Balaban J connectivity index is 0. The summed E-state index contributed by atoms with van der Waals surface area (Å²) in [4.78, 5) is 74.4. The second kappa shape index (κ2) is 63.7. The number of unbranched alkanes of at least 4 members (excludes halogenated alkanes) is 40. The fraction of sp³-hybridized carbons (Fsp3) is 0.944. The highest BCUT2D eigenvalue weighted by Gasteiger charge is 2.24. The average Bonchev–Trinajstić information content (AvgIpc) is 2.37. The van der Waals surface area contributed by atoms with Gasteiger partial charge in [-0.15, -0.1) is 0 Å². The summed E-state index contributed by atoms with van der Waals surface area (Å²) in [6.07, 6.45) is 51.1. The Kier molecular flexibility index (Phi) is 63.8. The van der Waals surface area contributed by atoms with Crippen LogP contribution >= 0.6 is 15.6 Å². The second-order valence-corrected chi connectivity index (χ2v) is 30.7. The van der Waals surface area contributed by atoms with Crippen LogP contribution in [0.3, 0.4) is 0 Å². The van der Waals surface area contributed by atoms with Crippen molar-refractivity contribution in [1.82, 2.24) is 0 Å². The fourth-order valence-corrected chi connectivity index (χ4v) is 11.7. The van der Waals surface area contributed by atoms with Gasteiger partial charge in [0, 0.05) is 25.7 Å². The first-order valence-electron chi connectivity index (χ1n) is 37.5. The molecule has 0 rings (SSSR count). The second-order valence-electron chi connectivity index (χ2n) is 27.9. The lowest BCUT2D eigenvalue weighted by atomic mass is 10.0. The molecule has 0 saturated heterocycles. The molecule has 0 bridgehead atoms. The van der Waals surface area contributed by atoms with Crippen molar-refractivity contribution in [2.24, 2.45) is 0 Å². The number of phosphoric ester groups is 2. The minimum absolute atomic E-state index is 0.0263. The van der Waals surface area contributed by atoms with Crippen LogP contribution in [0.5, 0.6) is 0 Å². The van der Waals surface area contributed by atoms with Crippen LogP contribution in [0.15, 0.2) is 0 Å². The van der Waals surface area contributed by atoms with Gasteiger partial charge in [-0.1, -0.05) is 285 Å². The molecule has 0 aliphatic rings. The van der Waals surface area contributed by atoms with E-state index in [1.807, 2.05) is 42.3 Å². The number of nitrogens with zero attached hydrogens (tertiary/aromatic N) is 2. The summed E-state index contributed by atoms with van der Waals surface area (Å²) in [5.74, 6) is -1.66.